The van der Waals surface area contributed by atoms with Crippen molar-refractivity contribution in [1.29, 1.82) is 0 Å². The van der Waals surface area contributed by atoms with Gasteiger partial charge in [0, 0.05) is 86.6 Å². The van der Waals surface area contributed by atoms with Crippen molar-refractivity contribution in [2.45, 2.75) is 162 Å². The number of thiazole rings is 1. The third-order valence-corrected chi connectivity index (χ3v) is 16.8. The number of ether oxygens (including phenoxy) is 1. The van der Waals surface area contributed by atoms with Gasteiger partial charge in [0.05, 0.1) is 12.1 Å². The van der Waals surface area contributed by atoms with Crippen LogP contribution in [0.3, 0.4) is 0 Å². The molecular weight excluding hydrogens is 936 g/mol. The summed E-state index contributed by atoms with van der Waals surface area (Å²) in [5.74, 6) is 0.489. The van der Waals surface area contributed by atoms with E-state index >= 15 is 0 Å². The van der Waals surface area contributed by atoms with Crippen LogP contribution in [0.1, 0.15) is 152 Å². The Hall–Kier alpha value is -2.85. The molecule has 3 rings (SSSR count). The zero-order valence-electron chi connectivity index (χ0n) is 42.0. The maximum atomic E-state index is 14.5. The Morgan fingerprint density at radius 2 is 1.72 bits per heavy atom. The molecule has 1 aromatic carbocycles. The van der Waals surface area contributed by atoms with Crippen molar-refractivity contribution in [2.24, 2.45) is 34.2 Å². The summed E-state index contributed by atoms with van der Waals surface area (Å²) in [4.78, 5) is 88.4. The van der Waals surface area contributed by atoms with Crippen molar-refractivity contribution in [1.82, 2.24) is 20.1 Å². The fraction of sp³-hybridized carbons (Fsp3) is 0.706. The minimum Gasteiger partial charge on any atom is -0.371 e. The molecule has 68 heavy (non-hydrogen) atoms. The van der Waals surface area contributed by atoms with E-state index in [1.54, 1.807) is 16.2 Å². The fourth-order valence-electron chi connectivity index (χ4n) is 8.76. The van der Waals surface area contributed by atoms with Crippen molar-refractivity contribution >= 4 is 76.9 Å². The van der Waals surface area contributed by atoms with E-state index in [9.17, 15) is 28.8 Å². The van der Waals surface area contributed by atoms with E-state index in [2.05, 4.69) is 51.7 Å². The smallest absolute Gasteiger partial charge is 0.270 e. The maximum Gasteiger partial charge on any atom is 0.270 e. The van der Waals surface area contributed by atoms with Crippen LogP contribution in [0.4, 0.5) is 0 Å². The topological polar surface area (TPSA) is 181 Å². The molecule has 1 fully saturated rings. The molecule has 2 aromatic rings. The number of hydrogen-bond acceptors (Lipinski definition) is 14. The van der Waals surface area contributed by atoms with Gasteiger partial charge in [0.1, 0.15) is 34.9 Å². The molecule has 0 bridgehead atoms. The van der Waals surface area contributed by atoms with E-state index in [0.717, 1.165) is 50.0 Å². The van der Waals surface area contributed by atoms with Crippen LogP contribution < -0.4 is 11.1 Å². The van der Waals surface area contributed by atoms with Crippen molar-refractivity contribution in [3.05, 3.63) is 52.0 Å². The lowest BCUT2D eigenvalue weighted by atomic mass is 9.83. The lowest BCUT2D eigenvalue weighted by Crippen LogP contribution is -2.48. The number of amides is 2. The highest BCUT2D eigenvalue weighted by atomic mass is 33.1. The van der Waals surface area contributed by atoms with Gasteiger partial charge in [0.15, 0.2) is 11.6 Å². The minimum absolute atomic E-state index is 0.0135. The Balaban J connectivity index is 1.64. The molecule has 1 aliphatic rings. The summed E-state index contributed by atoms with van der Waals surface area (Å²) in [5, 5.41) is 5.64. The molecule has 8 atom stereocenters. The van der Waals surface area contributed by atoms with E-state index in [4.69, 9.17) is 15.5 Å². The summed E-state index contributed by atoms with van der Waals surface area (Å²) < 4.78 is 10.1. The predicted octanol–water partition coefficient (Wildman–Crippen LogP) is 9.65. The molecule has 13 nitrogen and oxygen atoms in total. The Morgan fingerprint density at radius 3 is 2.38 bits per heavy atom. The number of Topliss-reactive ketones (excluding diaryl/α,β-unsaturated/α-hetero) is 4. The Kier molecular flexibility index (Phi) is 28.1. The first-order valence-electron chi connectivity index (χ1n) is 24.8. The number of piperidine rings is 1. The van der Waals surface area contributed by atoms with Crippen molar-refractivity contribution in [3.8, 4) is 0 Å². The normalized spacial score (nSPS) is 17.4. The number of nitrogens with two attached hydrogens (primary N) is 1. The standard InChI is InChI=1S/C51H81N6O7PS3/c1-9-25-64-48(30-44(34(3)4)57(8)51(63)40(35(5)10-2)29-47(61)43-21-14-15-24-56(43)7)50-55-42(33-66-50)49(62)54-38(28-37-18-12-11-13-19-37)27-36(6)45(59)23-17-26-67-68-32-41(52)46(60)22-16-20-39(58)31-53-65/h11-13,18-19,33-36,38,40-41,43-44,48,65H,9-10,14-17,20-32,52H2,1-8H3,(H,54,62)/t35?,36-,38+,40-,41+,43+,44+,48+/m0/s1. The minimum atomic E-state index is -0.597. The molecule has 0 spiro atoms. The van der Waals surface area contributed by atoms with Crippen LogP contribution >= 0.6 is 42.0 Å². The van der Waals surface area contributed by atoms with E-state index in [-0.39, 0.29) is 95.9 Å². The highest BCUT2D eigenvalue weighted by Gasteiger charge is 2.37. The van der Waals surface area contributed by atoms with Crippen LogP contribution in [0.25, 0.3) is 0 Å². The Labute approximate surface area is 421 Å². The SMILES string of the molecule is CCCO[C@H](C[C@H](C(C)C)N(C)C(=O)[C@@H](CC(=O)[C@H]1CCCCN1C)C(C)CC)c1nc(C(=O)N[C@@H](Cc2ccccc2)C[C@H](C)C(=O)CCCSSC[C@@H](N)C(=O)CCCC(=O)CN=P)cs1. The summed E-state index contributed by atoms with van der Waals surface area (Å²) in [6, 6.07) is 8.66. The first-order valence-corrected chi connectivity index (χ1v) is 28.6. The number of ketones is 4. The summed E-state index contributed by atoms with van der Waals surface area (Å²) in [7, 11) is 9.92. The van der Waals surface area contributed by atoms with Gasteiger partial charge in [0.2, 0.25) is 5.91 Å². The van der Waals surface area contributed by atoms with Crippen LogP contribution in [0.5, 0.6) is 0 Å². The molecule has 2 heterocycles. The molecular formula is C51H81N6O7PS3. The molecule has 0 aliphatic carbocycles. The number of likely N-dealkylation sites (N-methyl/N-ethyl adjacent to an activating group) is 1. The van der Waals surface area contributed by atoms with Gasteiger partial charge in [0.25, 0.3) is 5.91 Å². The second-order valence-corrected chi connectivity index (χ2v) is 22.9. The van der Waals surface area contributed by atoms with Crippen LogP contribution in [0, 0.1) is 23.7 Å². The van der Waals surface area contributed by atoms with Crippen molar-refractivity contribution in [3.63, 3.8) is 0 Å². The third-order valence-electron chi connectivity index (χ3n) is 13.2. The number of aromatic nitrogens is 1. The largest absolute Gasteiger partial charge is 0.371 e. The fourth-order valence-corrected chi connectivity index (χ4v) is 12.0. The van der Waals surface area contributed by atoms with Gasteiger partial charge in [-0.25, -0.2) is 4.98 Å². The quantitative estimate of drug-likeness (QED) is 0.0380. The zero-order valence-corrected chi connectivity index (χ0v) is 45.5. The van der Waals surface area contributed by atoms with E-state index < -0.39 is 18.1 Å². The summed E-state index contributed by atoms with van der Waals surface area (Å²) in [6.07, 6.45) is 7.95. The highest BCUT2D eigenvalue weighted by Crippen LogP contribution is 2.33. The van der Waals surface area contributed by atoms with Gasteiger partial charge < -0.3 is 20.7 Å². The summed E-state index contributed by atoms with van der Waals surface area (Å²) in [5.41, 5.74) is 7.42. The monoisotopic (exact) mass is 1020 g/mol. The van der Waals surface area contributed by atoms with Gasteiger partial charge in [-0.05, 0) is 85.0 Å². The molecule has 17 heteroatoms. The molecule has 380 valence electrons. The Bertz CT molecular complexity index is 1890. The number of likely N-dealkylation sites (tertiary alicyclic amines) is 1. The lowest BCUT2D eigenvalue weighted by Gasteiger charge is -2.38. The zero-order chi connectivity index (χ0) is 50.2. The van der Waals surface area contributed by atoms with E-state index in [0.29, 0.717) is 62.3 Å². The molecule has 1 aliphatic heterocycles. The number of rotatable bonds is 35. The molecule has 1 aromatic heterocycles. The molecule has 0 radical (unpaired) electrons. The highest BCUT2D eigenvalue weighted by molar-refractivity contribution is 8.76. The van der Waals surface area contributed by atoms with Crippen molar-refractivity contribution in [2.75, 3.05) is 45.3 Å². The van der Waals surface area contributed by atoms with E-state index in [1.807, 2.05) is 63.2 Å². The lowest BCUT2D eigenvalue weighted by molar-refractivity contribution is -0.143. The second-order valence-electron chi connectivity index (χ2n) is 19.0. The van der Waals surface area contributed by atoms with Crippen molar-refractivity contribution < 1.29 is 33.5 Å². The average Bonchev–Trinajstić information content (AvgIpc) is 3.82. The summed E-state index contributed by atoms with van der Waals surface area (Å²) in [6.45, 7) is 13.8. The molecule has 2 amide bonds. The van der Waals surface area contributed by atoms with Crippen LogP contribution in [0.15, 0.2) is 40.5 Å². The van der Waals surface area contributed by atoms with Gasteiger partial charge in [-0.15, -0.1) is 11.3 Å². The molecule has 3 N–H and O–H groups in total. The number of carbonyl (C=O) groups excluding carboxylic acids is 6. The van der Waals surface area contributed by atoms with Gasteiger partial charge in [-0.1, -0.05) is 106 Å². The van der Waals surface area contributed by atoms with Crippen LogP contribution in [0.2, 0.25) is 0 Å². The number of benzene rings is 1. The molecule has 1 saturated heterocycles. The van der Waals surface area contributed by atoms with Gasteiger partial charge >= 0.3 is 0 Å². The number of nitrogens with one attached hydrogen (secondary N) is 1. The van der Waals surface area contributed by atoms with Crippen LogP contribution in [-0.4, -0.2) is 119 Å². The first-order chi connectivity index (χ1) is 32.5. The van der Waals surface area contributed by atoms with Gasteiger partial charge in [-0.2, -0.15) is 0 Å². The molecule has 0 saturated carbocycles. The van der Waals surface area contributed by atoms with E-state index in [1.165, 1.54) is 22.1 Å². The maximum absolute atomic E-state index is 14.5. The molecule has 1 unspecified atom stereocenters. The summed E-state index contributed by atoms with van der Waals surface area (Å²) >= 11 is 1.38. The third kappa shape index (κ3) is 20.5. The average molecular weight is 1020 g/mol. The predicted molar refractivity (Wildman–Crippen MR) is 282 cm³/mol. The number of carbonyl (C=O) groups is 6. The first kappa shape index (κ1) is 59.5. The van der Waals surface area contributed by atoms with Gasteiger partial charge in [-0.3, -0.25) is 38.4 Å². The second kappa shape index (κ2) is 32.2. The van der Waals surface area contributed by atoms with Crippen LogP contribution in [-0.2, 0) is 35.1 Å². The Morgan fingerprint density at radius 1 is 1.00 bits per heavy atom. The number of hydrogen-bond donors (Lipinski definition) is 2. The number of nitrogens with zero attached hydrogens (tertiary/aromatic N) is 4.